The highest BCUT2D eigenvalue weighted by atomic mass is 28.4. The van der Waals surface area contributed by atoms with Crippen molar-refractivity contribution in [1.82, 2.24) is 0 Å². The second-order valence-corrected chi connectivity index (χ2v) is 13.8. The molecule has 0 unspecified atom stereocenters. The summed E-state index contributed by atoms with van der Waals surface area (Å²) < 4.78 is 30.6. The van der Waals surface area contributed by atoms with E-state index in [0.29, 0.717) is 6.42 Å². The summed E-state index contributed by atoms with van der Waals surface area (Å²) in [6, 6.07) is 0. The highest BCUT2D eigenvalue weighted by Gasteiger charge is 2.59. The topological polar surface area (TPSA) is 66.4 Å². The first-order valence-electron chi connectivity index (χ1n) is 9.26. The fourth-order valence-corrected chi connectivity index (χ4v) is 4.43. The summed E-state index contributed by atoms with van der Waals surface area (Å²) >= 11 is 0. The van der Waals surface area contributed by atoms with Crippen LogP contribution in [0.25, 0.3) is 0 Å². The molecule has 26 heavy (non-hydrogen) atoms. The van der Waals surface area contributed by atoms with Gasteiger partial charge in [0.2, 0.25) is 11.6 Å². The maximum atomic E-state index is 9.73. The van der Waals surface area contributed by atoms with Crippen molar-refractivity contribution in [2.45, 2.75) is 89.1 Å². The van der Waals surface area contributed by atoms with Crippen LogP contribution in [0, 0.1) is 0 Å². The molecule has 0 aromatic heterocycles. The van der Waals surface area contributed by atoms with E-state index in [1.54, 1.807) is 14.2 Å². The van der Waals surface area contributed by atoms with Crippen LogP contribution in [0.15, 0.2) is 11.6 Å². The third kappa shape index (κ3) is 3.80. The van der Waals surface area contributed by atoms with Crippen molar-refractivity contribution >= 4 is 8.32 Å². The van der Waals surface area contributed by atoms with Crippen molar-refractivity contribution in [3.05, 3.63) is 11.6 Å². The lowest BCUT2D eigenvalue weighted by Gasteiger charge is -2.55. The monoisotopic (exact) mass is 388 g/mol. The first kappa shape index (κ1) is 22.0. The van der Waals surface area contributed by atoms with Gasteiger partial charge in [-0.05, 0) is 44.0 Å². The van der Waals surface area contributed by atoms with E-state index in [1.165, 1.54) is 0 Å². The second-order valence-electron chi connectivity index (χ2n) is 9.07. The largest absolute Gasteiger partial charge is 0.408 e. The fourth-order valence-electron chi connectivity index (χ4n) is 3.20. The van der Waals surface area contributed by atoms with Crippen LogP contribution in [0.3, 0.4) is 0 Å². The number of aliphatic hydroxyl groups excluding tert-OH is 1. The number of methoxy groups -OCH3 is 2. The predicted octanol–water partition coefficient (Wildman–Crippen LogP) is 3.21. The molecule has 0 aromatic carbocycles. The minimum Gasteiger partial charge on any atom is -0.408 e. The van der Waals surface area contributed by atoms with Crippen LogP contribution in [0.5, 0.6) is 0 Å². The Hall–Kier alpha value is -0.283. The van der Waals surface area contributed by atoms with E-state index in [9.17, 15) is 5.11 Å². The maximum absolute atomic E-state index is 9.73. The highest BCUT2D eigenvalue weighted by Crippen LogP contribution is 2.45. The lowest BCUT2D eigenvalue weighted by molar-refractivity contribution is -0.452. The van der Waals surface area contributed by atoms with E-state index in [4.69, 9.17) is 23.4 Å². The molecule has 1 fully saturated rings. The average molecular weight is 389 g/mol. The van der Waals surface area contributed by atoms with Gasteiger partial charge in [-0.15, -0.1) is 0 Å². The maximum Gasteiger partial charge on any atom is 0.220 e. The summed E-state index contributed by atoms with van der Waals surface area (Å²) in [5.74, 6) is -2.12. The Labute approximate surface area is 158 Å². The van der Waals surface area contributed by atoms with Crippen molar-refractivity contribution < 1.29 is 28.5 Å². The van der Waals surface area contributed by atoms with E-state index < -0.39 is 19.9 Å². The number of hydrogen-bond donors (Lipinski definition) is 1. The van der Waals surface area contributed by atoms with Gasteiger partial charge in [-0.25, -0.2) is 0 Å². The highest BCUT2D eigenvalue weighted by molar-refractivity contribution is 6.74. The molecule has 0 bridgehead atoms. The van der Waals surface area contributed by atoms with Crippen LogP contribution in [0.1, 0.15) is 41.0 Å². The van der Waals surface area contributed by atoms with Crippen LogP contribution in [-0.2, 0) is 23.4 Å². The zero-order valence-electron chi connectivity index (χ0n) is 17.7. The molecule has 1 saturated heterocycles. The molecule has 2 aliphatic rings. The van der Waals surface area contributed by atoms with Crippen molar-refractivity contribution in [3.8, 4) is 0 Å². The van der Waals surface area contributed by atoms with Crippen LogP contribution in [-0.4, -0.2) is 64.1 Å². The van der Waals surface area contributed by atoms with E-state index >= 15 is 0 Å². The van der Waals surface area contributed by atoms with E-state index in [1.807, 2.05) is 19.9 Å². The normalized spacial score (nSPS) is 38.7. The summed E-state index contributed by atoms with van der Waals surface area (Å²) in [5.41, 5.74) is 0.901. The zero-order valence-corrected chi connectivity index (χ0v) is 18.7. The van der Waals surface area contributed by atoms with Gasteiger partial charge in [-0.2, -0.15) is 0 Å². The lowest BCUT2D eigenvalue weighted by atomic mass is 9.89. The number of rotatable bonds is 5. The van der Waals surface area contributed by atoms with Gasteiger partial charge in [0.15, 0.2) is 8.32 Å². The molecule has 2 rings (SSSR count). The molecule has 0 spiro atoms. The van der Waals surface area contributed by atoms with Gasteiger partial charge in [-0.1, -0.05) is 26.8 Å². The Morgan fingerprint density at radius 1 is 1.15 bits per heavy atom. The first-order chi connectivity index (χ1) is 11.8. The molecular weight excluding hydrogens is 352 g/mol. The molecule has 6 nitrogen and oxygen atoms in total. The van der Waals surface area contributed by atoms with Crippen molar-refractivity contribution in [2.24, 2.45) is 0 Å². The Morgan fingerprint density at radius 2 is 1.69 bits per heavy atom. The molecule has 0 radical (unpaired) electrons. The van der Waals surface area contributed by atoms with E-state index in [0.717, 1.165) is 5.57 Å². The lowest BCUT2D eigenvalue weighted by Crippen LogP contribution is -2.68. The SMILES string of the molecule is CO[C@@]1(C)O[C@@H]2[C@H](O[Si](C)(C)C(C)(C)C)C=C(CO)C[C@H]2O[C@]1(C)OC. The van der Waals surface area contributed by atoms with Crippen molar-refractivity contribution in [1.29, 1.82) is 0 Å². The molecule has 0 amide bonds. The molecule has 0 aromatic rings. The minimum atomic E-state index is -2.05. The second kappa shape index (κ2) is 7.27. The summed E-state index contributed by atoms with van der Waals surface area (Å²) in [6.45, 7) is 14.6. The molecule has 1 heterocycles. The zero-order chi connectivity index (χ0) is 20.0. The van der Waals surface area contributed by atoms with Crippen LogP contribution in [0.2, 0.25) is 18.1 Å². The number of fused-ring (bicyclic) bond motifs is 1. The quantitative estimate of drug-likeness (QED) is 0.576. The Kier molecular flexibility index (Phi) is 6.16. The summed E-state index contributed by atoms with van der Waals surface area (Å²) in [6.07, 6.45) is 1.68. The molecule has 1 aliphatic carbocycles. The minimum absolute atomic E-state index is 0.0187. The Bertz CT molecular complexity index is 543. The Morgan fingerprint density at radius 3 is 2.15 bits per heavy atom. The molecular formula is C19H36O6Si. The van der Waals surface area contributed by atoms with Gasteiger partial charge >= 0.3 is 0 Å². The number of ether oxygens (including phenoxy) is 4. The third-order valence-corrected chi connectivity index (χ3v) is 10.8. The van der Waals surface area contributed by atoms with Crippen LogP contribution in [0.4, 0.5) is 0 Å². The molecule has 152 valence electrons. The van der Waals surface area contributed by atoms with E-state index in [2.05, 4.69) is 33.9 Å². The standard InChI is InChI=1S/C19H36O6Si/c1-17(2,3)26(8,9)25-15-11-13(12-20)10-14-16(15)24-19(5,22-7)18(4,21-6)23-14/h11,14-16,20H,10,12H2,1-9H3/t14-,15-,16+,18+,19+/m1/s1. The molecule has 1 aliphatic heterocycles. The number of aliphatic hydroxyl groups is 1. The van der Waals surface area contributed by atoms with Crippen LogP contribution < -0.4 is 0 Å². The summed E-state index contributed by atoms with van der Waals surface area (Å²) in [4.78, 5) is 0. The van der Waals surface area contributed by atoms with Crippen LogP contribution >= 0.6 is 0 Å². The molecule has 5 atom stereocenters. The smallest absolute Gasteiger partial charge is 0.220 e. The van der Waals surface area contributed by atoms with Crippen molar-refractivity contribution in [2.75, 3.05) is 20.8 Å². The molecule has 0 saturated carbocycles. The predicted molar refractivity (Wildman–Crippen MR) is 102 cm³/mol. The van der Waals surface area contributed by atoms with E-state index in [-0.39, 0.29) is 30.0 Å². The molecule has 7 heteroatoms. The summed E-state index contributed by atoms with van der Waals surface area (Å²) in [5, 5.41) is 9.79. The summed E-state index contributed by atoms with van der Waals surface area (Å²) in [7, 11) is 1.12. The third-order valence-electron chi connectivity index (χ3n) is 6.33. The molecule has 1 N–H and O–H groups in total. The fraction of sp³-hybridized carbons (Fsp3) is 0.895. The van der Waals surface area contributed by atoms with Crippen molar-refractivity contribution in [3.63, 3.8) is 0 Å². The van der Waals surface area contributed by atoms with Gasteiger partial charge < -0.3 is 28.5 Å². The Balaban J connectivity index is 2.37. The first-order valence-corrected chi connectivity index (χ1v) is 12.2. The number of hydrogen-bond acceptors (Lipinski definition) is 6. The van der Waals surface area contributed by atoms with Gasteiger partial charge in [0.25, 0.3) is 0 Å². The van der Waals surface area contributed by atoms with Gasteiger partial charge in [0.1, 0.15) is 6.10 Å². The van der Waals surface area contributed by atoms with Gasteiger partial charge in [0, 0.05) is 14.2 Å². The van der Waals surface area contributed by atoms with Gasteiger partial charge in [-0.3, -0.25) is 0 Å². The van der Waals surface area contributed by atoms with Gasteiger partial charge in [0.05, 0.1) is 18.8 Å². The average Bonchev–Trinajstić information content (AvgIpc) is 2.54.